The molecule has 0 aliphatic carbocycles. The summed E-state index contributed by atoms with van der Waals surface area (Å²) >= 11 is 1.68. The van der Waals surface area contributed by atoms with Gasteiger partial charge in [-0.15, -0.1) is 11.8 Å². The molecule has 0 aromatic heterocycles. The Balaban J connectivity index is 1.54. The topological polar surface area (TPSA) is 46.6 Å². The molecule has 2 heterocycles. The van der Waals surface area contributed by atoms with Crippen LogP contribution in [0.1, 0.15) is 29.5 Å². The van der Waals surface area contributed by atoms with Crippen LogP contribution in [-0.2, 0) is 25.8 Å². The van der Waals surface area contributed by atoms with E-state index < -0.39 is 10.9 Å². The van der Waals surface area contributed by atoms with E-state index in [1.165, 1.54) is 0 Å². The SMILES string of the molecule is Cc1ccccc1COC(=O)[C@H]1CS[C@@]2(c3ccccc3)CCC(=O)N12. The van der Waals surface area contributed by atoms with E-state index in [0.29, 0.717) is 12.2 Å². The van der Waals surface area contributed by atoms with Crippen molar-refractivity contribution in [3.05, 3.63) is 71.3 Å². The van der Waals surface area contributed by atoms with E-state index in [-0.39, 0.29) is 18.5 Å². The number of ether oxygens (including phenoxy) is 1. The van der Waals surface area contributed by atoms with Gasteiger partial charge in [0.15, 0.2) is 0 Å². The molecule has 0 spiro atoms. The van der Waals surface area contributed by atoms with Crippen molar-refractivity contribution in [2.24, 2.45) is 0 Å². The third-order valence-electron chi connectivity index (χ3n) is 5.26. The molecule has 4 rings (SSSR count). The number of hydrogen-bond donors (Lipinski definition) is 0. The van der Waals surface area contributed by atoms with Crippen molar-refractivity contribution in [3.63, 3.8) is 0 Å². The Bertz CT molecular complexity index is 838. The Morgan fingerprint density at radius 1 is 1.19 bits per heavy atom. The number of thioether (sulfide) groups is 1. The number of aryl methyl sites for hydroxylation is 1. The number of benzene rings is 2. The van der Waals surface area contributed by atoms with Gasteiger partial charge in [-0.2, -0.15) is 0 Å². The van der Waals surface area contributed by atoms with Crippen molar-refractivity contribution >= 4 is 23.6 Å². The summed E-state index contributed by atoms with van der Waals surface area (Å²) in [6.07, 6.45) is 1.21. The van der Waals surface area contributed by atoms with Crippen LogP contribution in [0, 0.1) is 6.92 Å². The van der Waals surface area contributed by atoms with Gasteiger partial charge < -0.3 is 9.64 Å². The van der Waals surface area contributed by atoms with Gasteiger partial charge >= 0.3 is 5.97 Å². The first-order chi connectivity index (χ1) is 12.6. The van der Waals surface area contributed by atoms with Crippen molar-refractivity contribution in [3.8, 4) is 0 Å². The van der Waals surface area contributed by atoms with Crippen LogP contribution in [0.5, 0.6) is 0 Å². The lowest BCUT2D eigenvalue weighted by Crippen LogP contribution is -2.46. The van der Waals surface area contributed by atoms with E-state index in [0.717, 1.165) is 23.1 Å². The first-order valence-corrected chi connectivity index (χ1v) is 9.83. The number of esters is 1. The van der Waals surface area contributed by atoms with Crippen molar-refractivity contribution in [2.75, 3.05) is 5.75 Å². The summed E-state index contributed by atoms with van der Waals surface area (Å²) in [5, 5.41) is 0. The molecule has 2 aliphatic rings. The highest BCUT2D eigenvalue weighted by atomic mass is 32.2. The first-order valence-electron chi connectivity index (χ1n) is 8.84. The van der Waals surface area contributed by atoms with Crippen molar-refractivity contribution in [1.82, 2.24) is 4.90 Å². The second-order valence-electron chi connectivity index (χ2n) is 6.78. The van der Waals surface area contributed by atoms with E-state index in [9.17, 15) is 9.59 Å². The van der Waals surface area contributed by atoms with Gasteiger partial charge in [-0.25, -0.2) is 4.79 Å². The lowest BCUT2D eigenvalue weighted by molar-refractivity contribution is -0.155. The number of hydrogen-bond acceptors (Lipinski definition) is 4. The molecule has 1 amide bonds. The van der Waals surface area contributed by atoms with E-state index >= 15 is 0 Å². The van der Waals surface area contributed by atoms with Crippen LogP contribution in [0.2, 0.25) is 0 Å². The molecule has 26 heavy (non-hydrogen) atoms. The van der Waals surface area contributed by atoms with E-state index in [1.54, 1.807) is 16.7 Å². The average Bonchev–Trinajstić information content (AvgIpc) is 3.21. The quantitative estimate of drug-likeness (QED) is 0.774. The summed E-state index contributed by atoms with van der Waals surface area (Å²) in [4.78, 5) is 26.7. The van der Waals surface area contributed by atoms with Crippen LogP contribution in [0.25, 0.3) is 0 Å². The van der Waals surface area contributed by atoms with Gasteiger partial charge in [0.25, 0.3) is 0 Å². The van der Waals surface area contributed by atoms with Gasteiger partial charge in [0.2, 0.25) is 5.91 Å². The third kappa shape index (κ3) is 2.80. The molecule has 0 N–H and O–H groups in total. The average molecular weight is 367 g/mol. The maximum Gasteiger partial charge on any atom is 0.330 e. The summed E-state index contributed by atoms with van der Waals surface area (Å²) in [5.41, 5.74) is 3.18. The molecule has 0 saturated carbocycles. The number of carbonyl (C=O) groups excluding carboxylic acids is 2. The highest BCUT2D eigenvalue weighted by Crippen LogP contribution is 2.54. The molecule has 2 aromatic carbocycles. The fourth-order valence-electron chi connectivity index (χ4n) is 3.83. The fraction of sp³-hybridized carbons (Fsp3) is 0.333. The third-order valence-corrected chi connectivity index (χ3v) is 6.85. The van der Waals surface area contributed by atoms with Crippen molar-refractivity contribution in [2.45, 2.75) is 37.3 Å². The summed E-state index contributed by atoms with van der Waals surface area (Å²) in [6.45, 7) is 2.24. The Morgan fingerprint density at radius 2 is 1.92 bits per heavy atom. The maximum absolute atomic E-state index is 12.8. The summed E-state index contributed by atoms with van der Waals surface area (Å²) < 4.78 is 5.58. The number of carbonyl (C=O) groups is 2. The highest BCUT2D eigenvalue weighted by molar-refractivity contribution is 8.00. The first kappa shape index (κ1) is 17.2. The zero-order valence-electron chi connectivity index (χ0n) is 14.7. The van der Waals surface area contributed by atoms with Crippen LogP contribution >= 0.6 is 11.8 Å². The highest BCUT2D eigenvalue weighted by Gasteiger charge is 2.57. The van der Waals surface area contributed by atoms with Crippen molar-refractivity contribution < 1.29 is 14.3 Å². The van der Waals surface area contributed by atoms with Gasteiger partial charge in [0.1, 0.15) is 17.5 Å². The van der Waals surface area contributed by atoms with E-state index in [1.807, 2.05) is 61.5 Å². The Morgan fingerprint density at radius 3 is 2.69 bits per heavy atom. The molecule has 2 aromatic rings. The van der Waals surface area contributed by atoms with Crippen LogP contribution < -0.4 is 0 Å². The fourth-order valence-corrected chi connectivity index (χ4v) is 5.47. The number of rotatable bonds is 4. The second kappa shape index (κ2) is 6.80. The molecule has 0 unspecified atom stereocenters. The molecule has 2 fully saturated rings. The largest absolute Gasteiger partial charge is 0.459 e. The Hall–Kier alpha value is -2.27. The molecule has 2 saturated heterocycles. The molecule has 134 valence electrons. The summed E-state index contributed by atoms with van der Waals surface area (Å²) in [6, 6.07) is 17.4. The molecular weight excluding hydrogens is 346 g/mol. The van der Waals surface area contributed by atoms with Gasteiger partial charge in [0, 0.05) is 12.2 Å². The molecule has 2 atom stereocenters. The molecule has 0 bridgehead atoms. The van der Waals surface area contributed by atoms with Crippen LogP contribution in [0.3, 0.4) is 0 Å². The zero-order valence-corrected chi connectivity index (χ0v) is 15.5. The standard InChI is InChI=1S/C21H21NO3S/c1-15-7-5-6-8-16(15)13-25-20(24)18-14-26-21(12-11-19(23)22(18)21)17-9-3-2-4-10-17/h2-10,18H,11-14H2,1H3/t18-,21-/m1/s1. The van der Waals surface area contributed by atoms with Gasteiger partial charge in [-0.05, 0) is 30.0 Å². The summed E-state index contributed by atoms with van der Waals surface area (Å²) in [7, 11) is 0. The number of nitrogens with zero attached hydrogens (tertiary/aromatic N) is 1. The predicted molar refractivity (Wildman–Crippen MR) is 101 cm³/mol. The van der Waals surface area contributed by atoms with Gasteiger partial charge in [-0.3, -0.25) is 4.79 Å². The van der Waals surface area contributed by atoms with Gasteiger partial charge in [-0.1, -0.05) is 54.6 Å². The monoisotopic (exact) mass is 367 g/mol. The zero-order chi connectivity index (χ0) is 18.1. The number of amides is 1. The molecule has 4 nitrogen and oxygen atoms in total. The van der Waals surface area contributed by atoms with Crippen LogP contribution in [-0.4, -0.2) is 28.6 Å². The molecule has 0 radical (unpaired) electrons. The molecular formula is C21H21NO3S. The molecule has 2 aliphatic heterocycles. The smallest absolute Gasteiger partial charge is 0.330 e. The van der Waals surface area contributed by atoms with Crippen LogP contribution in [0.15, 0.2) is 54.6 Å². The minimum absolute atomic E-state index is 0.0386. The minimum atomic E-state index is -0.515. The molecule has 5 heteroatoms. The Labute approximate surface area is 157 Å². The predicted octanol–water partition coefficient (Wildman–Crippen LogP) is 3.63. The maximum atomic E-state index is 12.8. The van der Waals surface area contributed by atoms with E-state index in [4.69, 9.17) is 4.74 Å². The normalized spacial score (nSPS) is 24.6. The van der Waals surface area contributed by atoms with Crippen LogP contribution in [0.4, 0.5) is 0 Å². The summed E-state index contributed by atoms with van der Waals surface area (Å²) in [5.74, 6) is 0.304. The van der Waals surface area contributed by atoms with Crippen molar-refractivity contribution in [1.29, 1.82) is 0 Å². The minimum Gasteiger partial charge on any atom is -0.459 e. The lowest BCUT2D eigenvalue weighted by Gasteiger charge is -2.33. The van der Waals surface area contributed by atoms with Gasteiger partial charge in [0.05, 0.1) is 0 Å². The lowest BCUT2D eigenvalue weighted by atomic mass is 10.0. The number of fused-ring (bicyclic) bond motifs is 1. The second-order valence-corrected chi connectivity index (χ2v) is 8.07. The Kier molecular flexibility index (Phi) is 4.49. The van der Waals surface area contributed by atoms with E-state index in [2.05, 4.69) is 0 Å².